The first-order chi connectivity index (χ1) is 8.47. The van der Waals surface area contributed by atoms with Crippen LogP contribution in [0.15, 0.2) is 12.3 Å². The summed E-state index contributed by atoms with van der Waals surface area (Å²) in [5, 5.41) is 0.00398. The van der Waals surface area contributed by atoms with E-state index in [0.717, 1.165) is 13.2 Å². The summed E-state index contributed by atoms with van der Waals surface area (Å²) in [6, 6.07) is -0.421. The fourth-order valence-corrected chi connectivity index (χ4v) is 1.70. The van der Waals surface area contributed by atoms with E-state index in [2.05, 4.69) is 9.72 Å². The highest BCUT2D eigenvalue weighted by Gasteiger charge is 2.23. The normalized spacial score (nSPS) is 12.7. The molecule has 0 aliphatic heterocycles. The minimum atomic E-state index is -1.58. The largest absolute Gasteiger partial charge is 0.468 e. The molecule has 0 saturated heterocycles. The van der Waals surface area contributed by atoms with Crippen LogP contribution in [-0.2, 0) is 9.53 Å². The van der Waals surface area contributed by atoms with Gasteiger partial charge in [-0.2, -0.15) is 0 Å². The molecule has 18 heavy (non-hydrogen) atoms. The number of ether oxygens (including phenoxy) is 1. The molecule has 2 aromatic rings. The maximum Gasteiger partial charge on any atom is 0.327 e. The summed E-state index contributed by atoms with van der Waals surface area (Å²) in [6.45, 7) is 0. The van der Waals surface area contributed by atoms with Gasteiger partial charge in [0.2, 0.25) is 0 Å². The van der Waals surface area contributed by atoms with Crippen LogP contribution >= 0.6 is 0 Å². The van der Waals surface area contributed by atoms with Gasteiger partial charge in [0.1, 0.15) is 6.04 Å². The van der Waals surface area contributed by atoms with Crippen LogP contribution in [0.5, 0.6) is 0 Å². The van der Waals surface area contributed by atoms with E-state index in [1.165, 1.54) is 6.20 Å². The molecule has 0 aliphatic rings. The zero-order chi connectivity index (χ0) is 13.4. The maximum absolute atomic E-state index is 13.4. The molecule has 0 bridgehead atoms. The third kappa shape index (κ3) is 1.72. The van der Waals surface area contributed by atoms with Gasteiger partial charge in [0.25, 0.3) is 0 Å². The van der Waals surface area contributed by atoms with Gasteiger partial charge in [0.05, 0.1) is 12.6 Å². The number of hydrogen-bond acceptors (Lipinski definition) is 3. The molecule has 96 valence electrons. The predicted molar refractivity (Wildman–Crippen MR) is 57.1 cm³/mol. The minimum Gasteiger partial charge on any atom is -0.468 e. The van der Waals surface area contributed by atoms with Crippen molar-refractivity contribution in [2.24, 2.45) is 5.73 Å². The van der Waals surface area contributed by atoms with Crippen LogP contribution in [0.2, 0.25) is 0 Å². The number of aromatic nitrogens is 1. The van der Waals surface area contributed by atoms with Gasteiger partial charge in [-0.3, -0.25) is 4.79 Å². The number of fused-ring (bicyclic) bond motifs is 1. The van der Waals surface area contributed by atoms with Gasteiger partial charge in [-0.25, -0.2) is 13.2 Å². The summed E-state index contributed by atoms with van der Waals surface area (Å²) >= 11 is 0. The number of nitrogens with two attached hydrogens (primary N) is 1. The lowest BCUT2D eigenvalue weighted by Crippen LogP contribution is -2.22. The Balaban J connectivity index is 2.65. The van der Waals surface area contributed by atoms with E-state index in [1.807, 2.05) is 0 Å². The van der Waals surface area contributed by atoms with Crippen LogP contribution < -0.4 is 5.73 Å². The highest BCUT2D eigenvalue weighted by atomic mass is 19.2. The van der Waals surface area contributed by atoms with Crippen molar-refractivity contribution in [2.45, 2.75) is 6.04 Å². The summed E-state index contributed by atoms with van der Waals surface area (Å²) in [5.74, 6) is -5.05. The maximum atomic E-state index is 13.4. The molecule has 1 atom stereocenters. The van der Waals surface area contributed by atoms with Gasteiger partial charge in [-0.1, -0.05) is 0 Å². The number of nitrogens with one attached hydrogen (secondary N) is 1. The molecule has 2 rings (SSSR count). The van der Waals surface area contributed by atoms with Gasteiger partial charge in [-0.05, 0) is 6.07 Å². The Morgan fingerprint density at radius 2 is 2.06 bits per heavy atom. The number of methoxy groups -OCH3 is 1. The van der Waals surface area contributed by atoms with E-state index in [9.17, 15) is 18.0 Å². The number of rotatable bonds is 2. The number of aromatic amines is 1. The monoisotopic (exact) mass is 258 g/mol. The molecule has 0 fully saturated rings. The SMILES string of the molecule is COC(=O)C(N)c1c[nH]c2c(F)c(F)c(F)cc12. The van der Waals surface area contributed by atoms with Gasteiger partial charge in [-0.15, -0.1) is 0 Å². The summed E-state index contributed by atoms with van der Waals surface area (Å²) in [6.07, 6.45) is 1.22. The first-order valence-electron chi connectivity index (χ1n) is 4.95. The number of halogens is 3. The number of hydrogen-bond donors (Lipinski definition) is 2. The molecule has 0 spiro atoms. The van der Waals surface area contributed by atoms with Crippen LogP contribution in [0, 0.1) is 17.5 Å². The predicted octanol–water partition coefficient (Wildman–Crippen LogP) is 1.76. The number of carbonyl (C=O) groups excluding carboxylic acids is 1. The van der Waals surface area contributed by atoms with Crippen LogP contribution in [0.4, 0.5) is 13.2 Å². The molecule has 0 radical (unpaired) electrons. The van der Waals surface area contributed by atoms with Crippen molar-refractivity contribution < 1.29 is 22.7 Å². The molecule has 7 heteroatoms. The molecule has 1 heterocycles. The second-order valence-corrected chi connectivity index (χ2v) is 3.65. The Bertz CT molecular complexity index is 624. The first kappa shape index (κ1) is 12.4. The Hall–Kier alpha value is -2.02. The topological polar surface area (TPSA) is 68.1 Å². The van der Waals surface area contributed by atoms with Crippen LogP contribution in [0.1, 0.15) is 11.6 Å². The average Bonchev–Trinajstić information content (AvgIpc) is 2.77. The number of esters is 1. The Morgan fingerprint density at radius 1 is 1.39 bits per heavy atom. The van der Waals surface area contributed by atoms with Crippen molar-refractivity contribution in [1.82, 2.24) is 4.98 Å². The summed E-state index contributed by atoms with van der Waals surface area (Å²) in [4.78, 5) is 13.7. The van der Waals surface area contributed by atoms with Gasteiger partial charge in [0.15, 0.2) is 17.5 Å². The van der Waals surface area contributed by atoms with Crippen molar-refractivity contribution >= 4 is 16.9 Å². The van der Waals surface area contributed by atoms with Crippen molar-refractivity contribution in [3.05, 3.63) is 35.3 Å². The molecule has 1 unspecified atom stereocenters. The fourth-order valence-electron chi connectivity index (χ4n) is 1.70. The average molecular weight is 258 g/mol. The van der Waals surface area contributed by atoms with E-state index in [1.54, 1.807) is 0 Å². The Labute approximate surface area is 99.5 Å². The zero-order valence-electron chi connectivity index (χ0n) is 9.26. The third-order valence-electron chi connectivity index (χ3n) is 2.64. The van der Waals surface area contributed by atoms with Crippen molar-refractivity contribution in [3.63, 3.8) is 0 Å². The lowest BCUT2D eigenvalue weighted by molar-refractivity contribution is -0.142. The van der Waals surface area contributed by atoms with Gasteiger partial charge in [0, 0.05) is 17.1 Å². The van der Waals surface area contributed by atoms with E-state index < -0.39 is 29.5 Å². The molecule has 0 aliphatic carbocycles. The molecule has 1 aromatic carbocycles. The molecule has 4 nitrogen and oxygen atoms in total. The van der Waals surface area contributed by atoms with Crippen LogP contribution in [0.3, 0.4) is 0 Å². The minimum absolute atomic E-state index is 0.00398. The van der Waals surface area contributed by atoms with Crippen LogP contribution in [0.25, 0.3) is 10.9 Å². The highest BCUT2D eigenvalue weighted by molar-refractivity contribution is 5.90. The summed E-state index contributed by atoms with van der Waals surface area (Å²) < 4.78 is 44.0. The summed E-state index contributed by atoms with van der Waals surface area (Å²) in [7, 11) is 1.14. The highest BCUT2D eigenvalue weighted by Crippen LogP contribution is 2.28. The number of carbonyl (C=O) groups is 1. The molecule has 1 aromatic heterocycles. The third-order valence-corrected chi connectivity index (χ3v) is 2.64. The van der Waals surface area contributed by atoms with Crippen LogP contribution in [-0.4, -0.2) is 18.1 Å². The zero-order valence-corrected chi connectivity index (χ0v) is 9.26. The first-order valence-corrected chi connectivity index (χ1v) is 4.95. The second-order valence-electron chi connectivity index (χ2n) is 3.65. The molecule has 0 saturated carbocycles. The van der Waals surface area contributed by atoms with E-state index in [4.69, 9.17) is 5.73 Å². The quantitative estimate of drug-likeness (QED) is 0.637. The second kappa shape index (κ2) is 4.34. The molecule has 3 N–H and O–H groups in total. The lowest BCUT2D eigenvalue weighted by Gasteiger charge is -2.08. The lowest BCUT2D eigenvalue weighted by atomic mass is 10.1. The standard InChI is InChI=1S/C11H9F3N2O2/c1-18-11(17)9(15)5-3-16-10-4(5)2-6(12)7(13)8(10)14/h2-3,9,16H,15H2,1H3. The molecular weight excluding hydrogens is 249 g/mol. The van der Waals surface area contributed by atoms with E-state index in [-0.39, 0.29) is 16.5 Å². The van der Waals surface area contributed by atoms with Crippen molar-refractivity contribution in [1.29, 1.82) is 0 Å². The number of H-pyrrole nitrogens is 1. The van der Waals surface area contributed by atoms with E-state index in [0.29, 0.717) is 0 Å². The number of benzene rings is 1. The fraction of sp³-hybridized carbons (Fsp3) is 0.182. The molecular formula is C11H9F3N2O2. The van der Waals surface area contributed by atoms with Gasteiger partial charge >= 0.3 is 5.97 Å². The van der Waals surface area contributed by atoms with Crippen molar-refractivity contribution in [3.8, 4) is 0 Å². The summed E-state index contributed by atoms with van der Waals surface area (Å²) in [5.41, 5.74) is 5.45. The smallest absolute Gasteiger partial charge is 0.327 e. The Kier molecular flexibility index (Phi) is 3.00. The van der Waals surface area contributed by atoms with E-state index >= 15 is 0 Å². The van der Waals surface area contributed by atoms with Gasteiger partial charge < -0.3 is 15.5 Å². The van der Waals surface area contributed by atoms with Crippen molar-refractivity contribution in [2.75, 3.05) is 7.11 Å². The molecule has 0 amide bonds. The Morgan fingerprint density at radius 3 is 2.67 bits per heavy atom.